The lowest BCUT2D eigenvalue weighted by molar-refractivity contribution is -0.138. The molecule has 1 aliphatic rings. The molecule has 0 spiro atoms. The molecule has 40 heavy (non-hydrogen) atoms. The number of para-hydroxylation sites is 1. The molecule has 3 heterocycles. The highest BCUT2D eigenvalue weighted by Gasteiger charge is 2.31. The number of nitrogens with zero attached hydrogens (tertiary/aromatic N) is 4. The molecule has 0 bridgehead atoms. The van der Waals surface area contributed by atoms with Gasteiger partial charge in [-0.05, 0) is 32.4 Å². The van der Waals surface area contributed by atoms with Gasteiger partial charge in [-0.2, -0.15) is 0 Å². The van der Waals surface area contributed by atoms with E-state index in [9.17, 15) is 24.3 Å². The highest BCUT2D eigenvalue weighted by atomic mass is 32.1. The number of carboxylic acid groups (broad SMARTS) is 1. The molecule has 1 atom stereocenters. The van der Waals surface area contributed by atoms with E-state index >= 15 is 0 Å². The van der Waals surface area contributed by atoms with Crippen molar-refractivity contribution >= 4 is 46.1 Å². The molecule has 3 amide bonds. The standard InChI is InChI=1S/C27H31N5O7S/c1-3-38-27(37)32-12-10-31(11-13-32)26(36)21(8-9-24(33)34)30-25(35)22-14-23(19-6-4-5-7-20(19)29-22)39-15-18-16-40-17(2)28-18/h4-7,14,16,21H,3,8-13,15H2,1-2H3,(H,30,35)(H,33,34). The van der Waals surface area contributed by atoms with E-state index in [0.29, 0.717) is 16.7 Å². The summed E-state index contributed by atoms with van der Waals surface area (Å²) in [6.45, 7) is 5.09. The number of hydrogen-bond acceptors (Lipinski definition) is 9. The molecule has 0 aliphatic carbocycles. The molecule has 0 radical (unpaired) electrons. The summed E-state index contributed by atoms with van der Waals surface area (Å²) >= 11 is 1.51. The number of aryl methyl sites for hydroxylation is 1. The van der Waals surface area contributed by atoms with E-state index in [-0.39, 0.29) is 57.9 Å². The Morgan fingerprint density at radius 3 is 2.50 bits per heavy atom. The summed E-state index contributed by atoms with van der Waals surface area (Å²) in [5.74, 6) is -1.70. The van der Waals surface area contributed by atoms with Crippen molar-refractivity contribution in [3.05, 3.63) is 52.1 Å². The summed E-state index contributed by atoms with van der Waals surface area (Å²) in [4.78, 5) is 61.9. The Hall–Kier alpha value is -4.26. The van der Waals surface area contributed by atoms with Crippen LogP contribution in [-0.4, -0.2) is 87.6 Å². The van der Waals surface area contributed by atoms with Crippen molar-refractivity contribution < 1.29 is 33.8 Å². The van der Waals surface area contributed by atoms with Crippen LogP contribution in [0.4, 0.5) is 4.79 Å². The van der Waals surface area contributed by atoms with Crippen LogP contribution in [0.5, 0.6) is 5.75 Å². The number of carbonyl (C=O) groups is 4. The van der Waals surface area contributed by atoms with E-state index in [0.717, 1.165) is 10.7 Å². The van der Waals surface area contributed by atoms with Gasteiger partial charge < -0.3 is 29.7 Å². The zero-order valence-electron chi connectivity index (χ0n) is 22.3. The molecule has 2 aromatic heterocycles. The molecule has 1 aromatic carbocycles. The minimum Gasteiger partial charge on any atom is -0.486 e. The first-order chi connectivity index (χ1) is 19.2. The topological polar surface area (TPSA) is 151 Å². The Morgan fingerprint density at radius 1 is 1.10 bits per heavy atom. The Balaban J connectivity index is 1.50. The van der Waals surface area contributed by atoms with Crippen molar-refractivity contribution in [1.82, 2.24) is 25.1 Å². The zero-order valence-corrected chi connectivity index (χ0v) is 23.1. The summed E-state index contributed by atoms with van der Waals surface area (Å²) in [5.41, 5.74) is 1.32. The van der Waals surface area contributed by atoms with Crippen LogP contribution >= 0.6 is 11.3 Å². The molecule has 1 saturated heterocycles. The van der Waals surface area contributed by atoms with E-state index in [1.165, 1.54) is 27.2 Å². The van der Waals surface area contributed by atoms with E-state index in [4.69, 9.17) is 9.47 Å². The highest BCUT2D eigenvalue weighted by Crippen LogP contribution is 2.27. The number of benzene rings is 1. The number of ether oxygens (including phenoxy) is 2. The quantitative estimate of drug-likeness (QED) is 0.375. The van der Waals surface area contributed by atoms with Crippen LogP contribution in [0.1, 0.15) is 41.0 Å². The second-order valence-corrected chi connectivity index (χ2v) is 10.2. The number of pyridine rings is 1. The van der Waals surface area contributed by atoms with Gasteiger partial charge in [0.2, 0.25) is 5.91 Å². The maximum absolute atomic E-state index is 13.4. The monoisotopic (exact) mass is 569 g/mol. The maximum Gasteiger partial charge on any atom is 0.409 e. The van der Waals surface area contributed by atoms with Gasteiger partial charge in [0.05, 0.1) is 22.8 Å². The number of carbonyl (C=O) groups excluding carboxylic acids is 3. The summed E-state index contributed by atoms with van der Waals surface area (Å²) in [6, 6.07) is 7.63. The fourth-order valence-corrected chi connectivity index (χ4v) is 4.90. The van der Waals surface area contributed by atoms with E-state index in [2.05, 4.69) is 15.3 Å². The number of rotatable bonds is 10. The second kappa shape index (κ2) is 13.2. The van der Waals surface area contributed by atoms with Crippen molar-refractivity contribution in [1.29, 1.82) is 0 Å². The molecule has 13 heteroatoms. The number of thiazole rings is 1. The molecule has 1 aliphatic heterocycles. The molecule has 1 fully saturated rings. The Bertz CT molecular complexity index is 1390. The first-order valence-corrected chi connectivity index (χ1v) is 13.8. The largest absolute Gasteiger partial charge is 0.486 e. The van der Waals surface area contributed by atoms with Crippen LogP contribution in [-0.2, 0) is 20.9 Å². The Kier molecular flexibility index (Phi) is 9.48. The van der Waals surface area contributed by atoms with Gasteiger partial charge in [0.1, 0.15) is 24.1 Å². The first kappa shape index (κ1) is 28.7. The van der Waals surface area contributed by atoms with Crippen molar-refractivity contribution in [2.75, 3.05) is 32.8 Å². The maximum atomic E-state index is 13.4. The number of carboxylic acids is 1. The molecule has 2 N–H and O–H groups in total. The average Bonchev–Trinajstić information content (AvgIpc) is 3.38. The third-order valence-electron chi connectivity index (χ3n) is 6.32. The molecule has 4 rings (SSSR count). The third kappa shape index (κ3) is 7.23. The normalized spacial score (nSPS) is 14.1. The lowest BCUT2D eigenvalue weighted by Gasteiger charge is -2.35. The third-order valence-corrected chi connectivity index (χ3v) is 7.14. The highest BCUT2D eigenvalue weighted by molar-refractivity contribution is 7.09. The molecule has 1 unspecified atom stereocenters. The van der Waals surface area contributed by atoms with E-state index in [1.54, 1.807) is 19.1 Å². The van der Waals surface area contributed by atoms with E-state index < -0.39 is 29.9 Å². The molecule has 212 valence electrons. The minimum atomic E-state index is -1.09. The van der Waals surface area contributed by atoms with Crippen LogP contribution in [0, 0.1) is 6.92 Å². The summed E-state index contributed by atoms with van der Waals surface area (Å²) in [5, 5.41) is 15.4. The van der Waals surface area contributed by atoms with Crippen LogP contribution in [0.15, 0.2) is 35.7 Å². The molecule has 0 saturated carbocycles. The van der Waals surface area contributed by atoms with Gasteiger partial charge in [0.25, 0.3) is 5.91 Å². The lowest BCUT2D eigenvalue weighted by atomic mass is 10.1. The van der Waals surface area contributed by atoms with E-state index in [1.807, 2.05) is 24.4 Å². The predicted octanol–water partition coefficient (Wildman–Crippen LogP) is 2.84. The van der Waals surface area contributed by atoms with Crippen LogP contribution in [0.2, 0.25) is 0 Å². The summed E-state index contributed by atoms with van der Waals surface area (Å²) in [6.07, 6.45) is -0.861. The first-order valence-electron chi connectivity index (χ1n) is 12.9. The number of piperazine rings is 1. The van der Waals surface area contributed by atoms with Crippen molar-refractivity contribution in [3.8, 4) is 5.75 Å². The number of fused-ring (bicyclic) bond motifs is 1. The van der Waals surface area contributed by atoms with Gasteiger partial charge in [-0.3, -0.25) is 14.4 Å². The summed E-state index contributed by atoms with van der Waals surface area (Å²) < 4.78 is 11.0. The molecular formula is C27H31N5O7S. The van der Waals surface area contributed by atoms with Gasteiger partial charge in [-0.1, -0.05) is 12.1 Å². The van der Waals surface area contributed by atoms with Gasteiger partial charge in [-0.25, -0.2) is 14.8 Å². The number of amides is 3. The summed E-state index contributed by atoms with van der Waals surface area (Å²) in [7, 11) is 0. The lowest BCUT2D eigenvalue weighted by Crippen LogP contribution is -2.56. The second-order valence-electron chi connectivity index (χ2n) is 9.14. The number of aromatic nitrogens is 2. The van der Waals surface area contributed by atoms with Crippen LogP contribution < -0.4 is 10.1 Å². The van der Waals surface area contributed by atoms with Gasteiger partial charge >= 0.3 is 12.1 Å². The molecule has 12 nitrogen and oxygen atoms in total. The fraction of sp³-hybridized carbons (Fsp3) is 0.407. The number of hydrogen-bond donors (Lipinski definition) is 2. The predicted molar refractivity (Wildman–Crippen MR) is 146 cm³/mol. The van der Waals surface area contributed by atoms with Crippen LogP contribution in [0.3, 0.4) is 0 Å². The van der Waals surface area contributed by atoms with Gasteiger partial charge in [-0.15, -0.1) is 11.3 Å². The Morgan fingerprint density at radius 2 is 1.82 bits per heavy atom. The smallest absolute Gasteiger partial charge is 0.409 e. The van der Waals surface area contributed by atoms with Gasteiger partial charge in [0.15, 0.2) is 0 Å². The zero-order chi connectivity index (χ0) is 28.6. The average molecular weight is 570 g/mol. The van der Waals surface area contributed by atoms with Crippen molar-refractivity contribution in [2.24, 2.45) is 0 Å². The fourth-order valence-electron chi connectivity index (χ4n) is 4.31. The SMILES string of the molecule is CCOC(=O)N1CCN(C(=O)C(CCC(=O)O)NC(=O)c2cc(OCc3csc(C)n3)c3ccccc3n2)CC1. The van der Waals surface area contributed by atoms with Crippen molar-refractivity contribution in [3.63, 3.8) is 0 Å². The minimum absolute atomic E-state index is 0.0309. The molecular weight excluding hydrogens is 538 g/mol. The van der Waals surface area contributed by atoms with Gasteiger partial charge in [0, 0.05) is 49.4 Å². The number of nitrogens with one attached hydrogen (secondary N) is 1. The van der Waals surface area contributed by atoms with Crippen LogP contribution in [0.25, 0.3) is 10.9 Å². The van der Waals surface area contributed by atoms with Crippen molar-refractivity contribution in [2.45, 2.75) is 39.3 Å². The molecule has 3 aromatic rings. The Labute approximate surface area is 234 Å². The number of aliphatic carboxylic acids is 1.